The number of hydrogen-bond acceptors (Lipinski definition) is 7. The van der Waals surface area contributed by atoms with Gasteiger partial charge < -0.3 is 9.47 Å². The van der Waals surface area contributed by atoms with Crippen LogP contribution in [-0.2, 0) is 24.8 Å². The molecule has 0 saturated carbocycles. The number of ether oxygens (including phenoxy) is 2. The monoisotopic (exact) mass is 478 g/mol. The Bertz CT molecular complexity index is 1300. The SMILES string of the molecule is COc1ccc(NS(=O)(=O)c2cnn(-c3ccccc3)c2)cc1S(=O)(=O)N1CCOCC1. The van der Waals surface area contributed by atoms with Gasteiger partial charge in [-0.1, -0.05) is 18.2 Å². The smallest absolute Gasteiger partial charge is 0.265 e. The van der Waals surface area contributed by atoms with Gasteiger partial charge in [0.25, 0.3) is 10.0 Å². The number of para-hydroxylation sites is 1. The number of aromatic nitrogens is 2. The maximum Gasteiger partial charge on any atom is 0.265 e. The average molecular weight is 479 g/mol. The van der Waals surface area contributed by atoms with Gasteiger partial charge in [-0.25, -0.2) is 21.5 Å². The number of nitrogens with zero attached hydrogens (tertiary/aromatic N) is 3. The van der Waals surface area contributed by atoms with E-state index in [2.05, 4.69) is 9.82 Å². The van der Waals surface area contributed by atoms with Gasteiger partial charge in [0.1, 0.15) is 15.5 Å². The van der Waals surface area contributed by atoms with Crippen molar-refractivity contribution in [2.75, 3.05) is 38.1 Å². The minimum absolute atomic E-state index is 0.0604. The van der Waals surface area contributed by atoms with Crippen LogP contribution in [0.15, 0.2) is 70.7 Å². The summed E-state index contributed by atoms with van der Waals surface area (Å²) in [7, 11) is -6.56. The van der Waals surface area contributed by atoms with Crippen LogP contribution in [0.3, 0.4) is 0 Å². The van der Waals surface area contributed by atoms with Crippen LogP contribution in [0.2, 0.25) is 0 Å². The molecule has 0 atom stereocenters. The molecule has 1 aromatic heterocycles. The highest BCUT2D eigenvalue weighted by molar-refractivity contribution is 7.92. The van der Waals surface area contributed by atoms with E-state index in [-0.39, 0.29) is 34.3 Å². The Morgan fingerprint density at radius 2 is 1.75 bits per heavy atom. The molecule has 2 heterocycles. The van der Waals surface area contributed by atoms with E-state index in [0.717, 1.165) is 0 Å². The van der Waals surface area contributed by atoms with Crippen molar-refractivity contribution < 1.29 is 26.3 Å². The van der Waals surface area contributed by atoms with Crippen molar-refractivity contribution >= 4 is 25.7 Å². The molecule has 1 aliphatic heterocycles. The van der Waals surface area contributed by atoms with Crippen molar-refractivity contribution in [2.45, 2.75) is 9.79 Å². The summed E-state index contributed by atoms with van der Waals surface area (Å²) in [5, 5.41) is 4.10. The number of sulfonamides is 2. The third-order valence-electron chi connectivity index (χ3n) is 4.89. The predicted molar refractivity (Wildman–Crippen MR) is 117 cm³/mol. The first-order chi connectivity index (χ1) is 15.3. The standard InChI is InChI=1S/C20H22N4O6S2/c1-29-19-8-7-16(13-20(19)32(27,28)23-9-11-30-12-10-23)22-31(25,26)18-14-21-24(15-18)17-5-3-2-4-6-17/h2-8,13-15,22H,9-12H2,1H3. The number of nitrogens with one attached hydrogen (secondary N) is 1. The van der Waals surface area contributed by atoms with Crippen molar-refractivity contribution in [3.8, 4) is 11.4 Å². The Balaban J connectivity index is 1.63. The molecule has 12 heteroatoms. The quantitative estimate of drug-likeness (QED) is 0.549. The largest absolute Gasteiger partial charge is 0.495 e. The van der Waals surface area contributed by atoms with Crippen LogP contribution in [0.4, 0.5) is 5.69 Å². The van der Waals surface area contributed by atoms with Gasteiger partial charge in [-0.15, -0.1) is 0 Å². The number of rotatable bonds is 7. The zero-order chi connectivity index (χ0) is 22.8. The lowest BCUT2D eigenvalue weighted by Crippen LogP contribution is -2.40. The highest BCUT2D eigenvalue weighted by atomic mass is 32.2. The third kappa shape index (κ3) is 4.48. The summed E-state index contributed by atoms with van der Waals surface area (Å²) < 4.78 is 67.6. The number of morpholine rings is 1. The molecule has 2 aromatic carbocycles. The van der Waals surface area contributed by atoms with E-state index in [1.165, 1.54) is 46.7 Å². The number of anilines is 1. The fraction of sp³-hybridized carbons (Fsp3) is 0.250. The van der Waals surface area contributed by atoms with Crippen LogP contribution in [0.25, 0.3) is 5.69 Å². The molecule has 0 spiro atoms. The van der Waals surface area contributed by atoms with Gasteiger partial charge in [0, 0.05) is 13.1 Å². The van der Waals surface area contributed by atoms with E-state index in [1.54, 1.807) is 12.1 Å². The molecule has 0 aliphatic carbocycles. The third-order valence-corrected chi connectivity index (χ3v) is 8.15. The summed E-state index contributed by atoms with van der Waals surface area (Å²) >= 11 is 0. The molecular weight excluding hydrogens is 456 g/mol. The molecule has 0 amide bonds. The second-order valence-electron chi connectivity index (χ2n) is 6.94. The Hall–Kier alpha value is -2.93. The molecule has 10 nitrogen and oxygen atoms in total. The zero-order valence-electron chi connectivity index (χ0n) is 17.2. The van der Waals surface area contributed by atoms with E-state index in [9.17, 15) is 16.8 Å². The topological polar surface area (TPSA) is 120 Å². The Morgan fingerprint density at radius 3 is 2.44 bits per heavy atom. The Labute approximate surface area is 186 Å². The maximum absolute atomic E-state index is 13.1. The lowest BCUT2D eigenvalue weighted by atomic mass is 10.3. The first-order valence-corrected chi connectivity index (χ1v) is 12.6. The summed E-state index contributed by atoms with van der Waals surface area (Å²) in [5.41, 5.74) is 0.794. The summed E-state index contributed by atoms with van der Waals surface area (Å²) in [6, 6.07) is 13.2. The van der Waals surface area contributed by atoms with Gasteiger partial charge in [0.2, 0.25) is 10.0 Å². The minimum atomic E-state index is -4.01. The summed E-state index contributed by atoms with van der Waals surface area (Å²) in [4.78, 5) is -0.183. The van der Waals surface area contributed by atoms with Crippen LogP contribution in [-0.4, -0.2) is 64.3 Å². The van der Waals surface area contributed by atoms with Crippen molar-refractivity contribution in [3.05, 3.63) is 60.9 Å². The zero-order valence-corrected chi connectivity index (χ0v) is 18.8. The molecule has 32 heavy (non-hydrogen) atoms. The second-order valence-corrected chi connectivity index (χ2v) is 10.5. The van der Waals surface area contributed by atoms with Crippen LogP contribution >= 0.6 is 0 Å². The molecule has 1 fully saturated rings. The lowest BCUT2D eigenvalue weighted by Gasteiger charge is -2.26. The van der Waals surface area contributed by atoms with Crippen molar-refractivity contribution in [1.29, 1.82) is 0 Å². The van der Waals surface area contributed by atoms with Crippen LogP contribution in [0.5, 0.6) is 5.75 Å². The molecule has 0 bridgehead atoms. The van der Waals surface area contributed by atoms with E-state index in [0.29, 0.717) is 18.9 Å². The number of methoxy groups -OCH3 is 1. The van der Waals surface area contributed by atoms with Gasteiger partial charge in [0.15, 0.2) is 0 Å². The van der Waals surface area contributed by atoms with Crippen molar-refractivity contribution in [3.63, 3.8) is 0 Å². The summed E-state index contributed by atoms with van der Waals surface area (Å²) in [5.74, 6) is 0.122. The van der Waals surface area contributed by atoms with Gasteiger partial charge in [-0.2, -0.15) is 9.40 Å². The predicted octanol–water partition coefficient (Wildman–Crippen LogP) is 1.70. The highest BCUT2D eigenvalue weighted by Gasteiger charge is 2.30. The molecule has 3 aromatic rings. The molecule has 1 aliphatic rings. The van der Waals surface area contributed by atoms with Gasteiger partial charge in [-0.3, -0.25) is 4.72 Å². The Morgan fingerprint density at radius 1 is 1.03 bits per heavy atom. The normalized spacial score (nSPS) is 15.4. The fourth-order valence-corrected chi connectivity index (χ4v) is 5.82. The van der Waals surface area contributed by atoms with Crippen LogP contribution in [0, 0.1) is 0 Å². The molecule has 0 radical (unpaired) electrons. The van der Waals surface area contributed by atoms with E-state index in [1.807, 2.05) is 18.2 Å². The van der Waals surface area contributed by atoms with Gasteiger partial charge in [-0.05, 0) is 30.3 Å². The molecule has 4 rings (SSSR count). The van der Waals surface area contributed by atoms with Crippen molar-refractivity contribution in [1.82, 2.24) is 14.1 Å². The minimum Gasteiger partial charge on any atom is -0.495 e. The molecule has 1 N–H and O–H groups in total. The maximum atomic E-state index is 13.1. The average Bonchev–Trinajstić information content (AvgIpc) is 3.31. The van der Waals surface area contributed by atoms with E-state index < -0.39 is 20.0 Å². The van der Waals surface area contributed by atoms with Crippen LogP contribution < -0.4 is 9.46 Å². The molecular formula is C20H22N4O6S2. The molecule has 170 valence electrons. The first-order valence-electron chi connectivity index (χ1n) is 9.70. The summed E-state index contributed by atoms with van der Waals surface area (Å²) in [6.07, 6.45) is 2.61. The number of benzene rings is 2. The van der Waals surface area contributed by atoms with Gasteiger partial charge >= 0.3 is 0 Å². The lowest BCUT2D eigenvalue weighted by molar-refractivity contribution is 0.0729. The van der Waals surface area contributed by atoms with E-state index >= 15 is 0 Å². The first kappa shape index (κ1) is 22.3. The Kier molecular flexibility index (Phi) is 6.20. The summed E-state index contributed by atoms with van der Waals surface area (Å²) in [6.45, 7) is 0.999. The van der Waals surface area contributed by atoms with E-state index in [4.69, 9.17) is 9.47 Å². The molecule has 0 unspecified atom stereocenters. The van der Waals surface area contributed by atoms with Crippen molar-refractivity contribution in [2.24, 2.45) is 0 Å². The van der Waals surface area contributed by atoms with Crippen LogP contribution in [0.1, 0.15) is 0 Å². The highest BCUT2D eigenvalue weighted by Crippen LogP contribution is 2.31. The number of hydrogen-bond donors (Lipinski definition) is 1. The van der Waals surface area contributed by atoms with Gasteiger partial charge in [0.05, 0.1) is 44.1 Å². The molecule has 1 saturated heterocycles. The second kappa shape index (κ2) is 8.90. The fourth-order valence-electron chi connectivity index (χ4n) is 3.25.